The highest BCUT2D eigenvalue weighted by Crippen LogP contribution is 2.33. The van der Waals surface area contributed by atoms with E-state index in [4.69, 9.17) is 0 Å². The lowest BCUT2D eigenvalue weighted by atomic mass is 10.1. The monoisotopic (exact) mass is 219 g/mol. The third-order valence-corrected chi connectivity index (χ3v) is 3.02. The Bertz CT molecular complexity index is 410. The highest BCUT2D eigenvalue weighted by atomic mass is 16.3. The molecule has 1 fully saturated rings. The van der Waals surface area contributed by atoms with Crippen LogP contribution >= 0.6 is 0 Å². The number of aromatic hydroxyl groups is 1. The number of phenolic OH excluding ortho intramolecular Hbond substituents is 1. The van der Waals surface area contributed by atoms with Gasteiger partial charge in [0.15, 0.2) is 5.78 Å². The summed E-state index contributed by atoms with van der Waals surface area (Å²) in [5.41, 5.74) is 1.41. The first kappa shape index (κ1) is 11.0. The Kier molecular flexibility index (Phi) is 2.86. The maximum atomic E-state index is 11.2. The zero-order valence-corrected chi connectivity index (χ0v) is 9.73. The molecule has 0 unspecified atom stereocenters. The van der Waals surface area contributed by atoms with Gasteiger partial charge in [-0.25, -0.2) is 0 Å². The third kappa shape index (κ3) is 2.03. The summed E-state index contributed by atoms with van der Waals surface area (Å²) < 4.78 is 0. The van der Waals surface area contributed by atoms with E-state index in [2.05, 4.69) is 11.8 Å². The SMILES string of the molecule is CCN(c1ccc(C(C)=O)c(O)c1)C1CC1. The largest absolute Gasteiger partial charge is 0.507 e. The van der Waals surface area contributed by atoms with Crippen molar-refractivity contribution in [1.82, 2.24) is 0 Å². The highest BCUT2D eigenvalue weighted by molar-refractivity contribution is 5.97. The first-order chi connectivity index (χ1) is 7.63. The van der Waals surface area contributed by atoms with Gasteiger partial charge >= 0.3 is 0 Å². The Morgan fingerprint density at radius 2 is 2.19 bits per heavy atom. The van der Waals surface area contributed by atoms with Crippen molar-refractivity contribution in [3.05, 3.63) is 23.8 Å². The predicted octanol–water partition coefficient (Wildman–Crippen LogP) is 2.58. The van der Waals surface area contributed by atoms with E-state index >= 15 is 0 Å². The summed E-state index contributed by atoms with van der Waals surface area (Å²) >= 11 is 0. The molecule has 0 aromatic heterocycles. The van der Waals surface area contributed by atoms with Crippen LogP contribution < -0.4 is 4.90 Å². The van der Waals surface area contributed by atoms with Crippen LogP contribution in [0.3, 0.4) is 0 Å². The first-order valence-electron chi connectivity index (χ1n) is 5.74. The molecule has 0 amide bonds. The van der Waals surface area contributed by atoms with Gasteiger partial charge in [0.2, 0.25) is 0 Å². The fraction of sp³-hybridized carbons (Fsp3) is 0.462. The zero-order valence-electron chi connectivity index (χ0n) is 9.73. The van der Waals surface area contributed by atoms with Gasteiger partial charge in [0.05, 0.1) is 5.56 Å². The second-order valence-corrected chi connectivity index (χ2v) is 4.27. The topological polar surface area (TPSA) is 40.5 Å². The summed E-state index contributed by atoms with van der Waals surface area (Å²) in [6.07, 6.45) is 2.45. The van der Waals surface area contributed by atoms with E-state index in [0.29, 0.717) is 11.6 Å². The summed E-state index contributed by atoms with van der Waals surface area (Å²) in [5, 5.41) is 9.76. The molecular weight excluding hydrogens is 202 g/mol. The van der Waals surface area contributed by atoms with Crippen molar-refractivity contribution in [3.63, 3.8) is 0 Å². The third-order valence-electron chi connectivity index (χ3n) is 3.02. The van der Waals surface area contributed by atoms with E-state index in [1.807, 2.05) is 6.07 Å². The molecule has 86 valence electrons. The number of phenols is 1. The second-order valence-electron chi connectivity index (χ2n) is 4.27. The minimum atomic E-state index is -0.0986. The molecule has 2 rings (SSSR count). The maximum Gasteiger partial charge on any atom is 0.163 e. The van der Waals surface area contributed by atoms with Crippen LogP contribution in [0.15, 0.2) is 18.2 Å². The molecule has 1 aliphatic rings. The van der Waals surface area contributed by atoms with E-state index in [0.717, 1.165) is 12.2 Å². The standard InChI is InChI=1S/C13H17NO2/c1-3-14(10-4-5-10)11-6-7-12(9(2)15)13(16)8-11/h6-8,10,16H,3-5H2,1-2H3. The Hall–Kier alpha value is -1.51. The van der Waals surface area contributed by atoms with Crippen LogP contribution in [-0.2, 0) is 0 Å². The van der Waals surface area contributed by atoms with Gasteiger partial charge in [-0.2, -0.15) is 0 Å². The Balaban J connectivity index is 2.28. The van der Waals surface area contributed by atoms with Gasteiger partial charge in [0.1, 0.15) is 5.75 Å². The van der Waals surface area contributed by atoms with Crippen LogP contribution in [0.4, 0.5) is 5.69 Å². The molecule has 1 aromatic rings. The molecule has 3 nitrogen and oxygen atoms in total. The molecule has 3 heteroatoms. The number of carbonyl (C=O) groups is 1. The van der Waals surface area contributed by atoms with Gasteiger partial charge in [0.25, 0.3) is 0 Å². The van der Waals surface area contributed by atoms with E-state index in [1.165, 1.54) is 19.8 Å². The molecule has 0 heterocycles. The zero-order chi connectivity index (χ0) is 11.7. The Labute approximate surface area is 95.7 Å². The number of carbonyl (C=O) groups excluding carboxylic acids is 1. The van der Waals surface area contributed by atoms with Gasteiger partial charge in [-0.05, 0) is 38.8 Å². The molecule has 0 radical (unpaired) electrons. The Morgan fingerprint density at radius 1 is 1.50 bits per heavy atom. The van der Waals surface area contributed by atoms with Crippen molar-refractivity contribution >= 4 is 11.5 Å². The average molecular weight is 219 g/mol. The second kappa shape index (κ2) is 4.16. The van der Waals surface area contributed by atoms with E-state index in [1.54, 1.807) is 12.1 Å². The lowest BCUT2D eigenvalue weighted by Gasteiger charge is -2.23. The van der Waals surface area contributed by atoms with Crippen LogP contribution in [0, 0.1) is 0 Å². The fourth-order valence-corrected chi connectivity index (χ4v) is 2.03. The number of rotatable bonds is 4. The lowest BCUT2D eigenvalue weighted by molar-refractivity contribution is 0.101. The number of benzene rings is 1. The van der Waals surface area contributed by atoms with Crippen LogP contribution in [0.25, 0.3) is 0 Å². The number of ketones is 1. The van der Waals surface area contributed by atoms with Gasteiger partial charge in [-0.15, -0.1) is 0 Å². The molecule has 1 saturated carbocycles. The summed E-state index contributed by atoms with van der Waals surface area (Å²) in [6, 6.07) is 5.93. The highest BCUT2D eigenvalue weighted by Gasteiger charge is 2.28. The van der Waals surface area contributed by atoms with Crippen LogP contribution in [0.1, 0.15) is 37.0 Å². The first-order valence-corrected chi connectivity index (χ1v) is 5.74. The van der Waals surface area contributed by atoms with Crippen molar-refractivity contribution in [2.45, 2.75) is 32.7 Å². The summed E-state index contributed by atoms with van der Waals surface area (Å²) in [6.45, 7) is 4.50. The molecule has 0 atom stereocenters. The van der Waals surface area contributed by atoms with Gasteiger partial charge in [0, 0.05) is 24.3 Å². The van der Waals surface area contributed by atoms with Crippen molar-refractivity contribution in [1.29, 1.82) is 0 Å². The lowest BCUT2D eigenvalue weighted by Crippen LogP contribution is -2.24. The minimum absolute atomic E-state index is 0.0871. The quantitative estimate of drug-likeness (QED) is 0.791. The normalized spacial score (nSPS) is 14.9. The molecule has 0 bridgehead atoms. The van der Waals surface area contributed by atoms with Gasteiger partial charge in [-0.3, -0.25) is 4.79 Å². The van der Waals surface area contributed by atoms with Crippen molar-refractivity contribution in [3.8, 4) is 5.75 Å². The number of Topliss-reactive ketones (excluding diaryl/α,β-unsaturated/α-hetero) is 1. The molecule has 16 heavy (non-hydrogen) atoms. The summed E-state index contributed by atoms with van der Waals surface area (Å²) in [5.74, 6) is -0.0115. The van der Waals surface area contributed by atoms with Gasteiger partial charge < -0.3 is 10.0 Å². The van der Waals surface area contributed by atoms with Crippen LogP contribution in [-0.4, -0.2) is 23.5 Å². The molecular formula is C13H17NO2. The number of anilines is 1. The molecule has 1 aliphatic carbocycles. The van der Waals surface area contributed by atoms with Crippen molar-refractivity contribution in [2.75, 3.05) is 11.4 Å². The Morgan fingerprint density at radius 3 is 2.62 bits per heavy atom. The fourth-order valence-electron chi connectivity index (χ4n) is 2.03. The molecule has 1 N–H and O–H groups in total. The minimum Gasteiger partial charge on any atom is -0.507 e. The molecule has 1 aromatic carbocycles. The molecule has 0 aliphatic heterocycles. The van der Waals surface area contributed by atoms with E-state index in [-0.39, 0.29) is 11.5 Å². The number of nitrogens with zero attached hydrogens (tertiary/aromatic N) is 1. The predicted molar refractivity (Wildman–Crippen MR) is 64.2 cm³/mol. The summed E-state index contributed by atoms with van der Waals surface area (Å²) in [4.78, 5) is 13.5. The maximum absolute atomic E-state index is 11.2. The van der Waals surface area contributed by atoms with Crippen molar-refractivity contribution < 1.29 is 9.90 Å². The average Bonchev–Trinajstić information content (AvgIpc) is 3.02. The van der Waals surface area contributed by atoms with Crippen molar-refractivity contribution in [2.24, 2.45) is 0 Å². The van der Waals surface area contributed by atoms with Gasteiger partial charge in [-0.1, -0.05) is 0 Å². The van der Waals surface area contributed by atoms with E-state index < -0.39 is 0 Å². The molecule has 0 spiro atoms. The summed E-state index contributed by atoms with van der Waals surface area (Å²) in [7, 11) is 0. The van der Waals surface area contributed by atoms with E-state index in [9.17, 15) is 9.90 Å². The number of hydrogen-bond acceptors (Lipinski definition) is 3. The van der Waals surface area contributed by atoms with Crippen LogP contribution in [0.2, 0.25) is 0 Å². The number of hydrogen-bond donors (Lipinski definition) is 1. The van der Waals surface area contributed by atoms with Crippen LogP contribution in [0.5, 0.6) is 5.75 Å². The molecule has 0 saturated heterocycles. The smallest absolute Gasteiger partial charge is 0.163 e.